The highest BCUT2D eigenvalue weighted by Gasteiger charge is 2.04. The van der Waals surface area contributed by atoms with Gasteiger partial charge in [-0.3, -0.25) is 4.68 Å². The van der Waals surface area contributed by atoms with E-state index >= 15 is 0 Å². The summed E-state index contributed by atoms with van der Waals surface area (Å²) in [5, 5.41) is 6.71. The van der Waals surface area contributed by atoms with E-state index in [9.17, 15) is 4.39 Å². The lowest BCUT2D eigenvalue weighted by Gasteiger charge is -2.04. The minimum absolute atomic E-state index is 0.356. The molecule has 0 atom stereocenters. The van der Waals surface area contributed by atoms with Crippen LogP contribution in [-0.2, 0) is 6.54 Å². The van der Waals surface area contributed by atoms with Gasteiger partial charge in [0.15, 0.2) is 0 Å². The van der Waals surface area contributed by atoms with Gasteiger partial charge >= 0.3 is 0 Å². The SMILES string of the molecule is Fc1ccc(Cn2cc(N=C=S)cn2)c(Cl)c1. The van der Waals surface area contributed by atoms with Crippen molar-refractivity contribution in [3.8, 4) is 0 Å². The first-order valence-electron chi connectivity index (χ1n) is 4.73. The topological polar surface area (TPSA) is 30.2 Å². The van der Waals surface area contributed by atoms with Gasteiger partial charge in [-0.15, -0.1) is 0 Å². The van der Waals surface area contributed by atoms with Gasteiger partial charge in [-0.2, -0.15) is 10.1 Å². The summed E-state index contributed by atoms with van der Waals surface area (Å²) in [5.74, 6) is -0.356. The lowest BCUT2D eigenvalue weighted by Crippen LogP contribution is -2.00. The molecule has 0 radical (unpaired) electrons. The van der Waals surface area contributed by atoms with Gasteiger partial charge in [-0.1, -0.05) is 17.7 Å². The predicted molar refractivity (Wildman–Crippen MR) is 67.4 cm³/mol. The molecule has 0 unspecified atom stereocenters. The Balaban J connectivity index is 2.22. The minimum Gasteiger partial charge on any atom is -0.266 e. The first kappa shape index (κ1) is 11.9. The predicted octanol–water partition coefficient (Wildman–Crippen LogP) is 3.46. The normalized spacial score (nSPS) is 10.0. The van der Waals surface area contributed by atoms with E-state index in [1.165, 1.54) is 12.1 Å². The first-order chi connectivity index (χ1) is 8.19. The maximum absolute atomic E-state index is 12.8. The molecular weight excluding hydrogens is 261 g/mol. The number of nitrogens with zero attached hydrogens (tertiary/aromatic N) is 3. The molecule has 2 rings (SSSR count). The molecule has 0 saturated carbocycles. The van der Waals surface area contributed by atoms with E-state index in [0.717, 1.165) is 5.56 Å². The molecule has 1 aromatic heterocycles. The lowest BCUT2D eigenvalue weighted by molar-refractivity contribution is 0.624. The lowest BCUT2D eigenvalue weighted by atomic mass is 10.2. The quantitative estimate of drug-likeness (QED) is 0.630. The fraction of sp³-hybridized carbons (Fsp3) is 0.0909. The van der Waals surface area contributed by atoms with E-state index in [1.54, 1.807) is 23.1 Å². The molecule has 0 aliphatic carbocycles. The number of rotatable bonds is 3. The Morgan fingerprint density at radius 3 is 3.06 bits per heavy atom. The van der Waals surface area contributed by atoms with E-state index in [2.05, 4.69) is 27.5 Å². The van der Waals surface area contributed by atoms with Gasteiger partial charge in [-0.05, 0) is 29.9 Å². The zero-order chi connectivity index (χ0) is 12.3. The van der Waals surface area contributed by atoms with Crippen LogP contribution in [-0.4, -0.2) is 14.9 Å². The van der Waals surface area contributed by atoms with Gasteiger partial charge in [0.05, 0.1) is 24.1 Å². The second kappa shape index (κ2) is 5.19. The molecule has 0 saturated heterocycles. The first-order valence-corrected chi connectivity index (χ1v) is 5.52. The molecule has 0 N–H and O–H groups in total. The molecule has 86 valence electrons. The molecule has 2 aromatic rings. The fourth-order valence-corrected chi connectivity index (χ4v) is 1.71. The zero-order valence-corrected chi connectivity index (χ0v) is 10.2. The summed E-state index contributed by atoms with van der Waals surface area (Å²) >= 11 is 10.4. The Morgan fingerprint density at radius 2 is 2.35 bits per heavy atom. The highest BCUT2D eigenvalue weighted by molar-refractivity contribution is 7.78. The Bertz CT molecular complexity index is 590. The molecule has 3 nitrogen and oxygen atoms in total. The van der Waals surface area contributed by atoms with Crippen molar-refractivity contribution in [2.24, 2.45) is 4.99 Å². The van der Waals surface area contributed by atoms with Crippen LogP contribution >= 0.6 is 23.8 Å². The van der Waals surface area contributed by atoms with Crippen LogP contribution in [0.4, 0.5) is 10.1 Å². The number of aromatic nitrogens is 2. The van der Waals surface area contributed by atoms with Crippen molar-refractivity contribution in [2.75, 3.05) is 0 Å². The molecule has 0 amide bonds. The summed E-state index contributed by atoms with van der Waals surface area (Å²) < 4.78 is 14.5. The van der Waals surface area contributed by atoms with Crippen LogP contribution in [0.2, 0.25) is 5.02 Å². The Kier molecular flexibility index (Phi) is 3.64. The monoisotopic (exact) mass is 267 g/mol. The highest BCUT2D eigenvalue weighted by Crippen LogP contribution is 2.19. The third-order valence-corrected chi connectivity index (χ3v) is 2.58. The maximum atomic E-state index is 12.8. The van der Waals surface area contributed by atoms with E-state index in [0.29, 0.717) is 17.3 Å². The Labute approximate surface area is 108 Å². The summed E-state index contributed by atoms with van der Waals surface area (Å²) in [6.07, 6.45) is 3.27. The third kappa shape index (κ3) is 2.97. The average molecular weight is 268 g/mol. The number of thiocarbonyl (C=S) groups is 1. The van der Waals surface area contributed by atoms with Crippen molar-refractivity contribution >= 4 is 34.7 Å². The number of isothiocyanates is 1. The van der Waals surface area contributed by atoms with Crippen molar-refractivity contribution in [3.63, 3.8) is 0 Å². The van der Waals surface area contributed by atoms with E-state index in [-0.39, 0.29) is 5.82 Å². The van der Waals surface area contributed by atoms with Crippen LogP contribution in [0.1, 0.15) is 5.56 Å². The molecule has 0 spiro atoms. The summed E-state index contributed by atoms with van der Waals surface area (Å²) in [7, 11) is 0. The molecule has 0 fully saturated rings. The Morgan fingerprint density at radius 1 is 1.53 bits per heavy atom. The maximum Gasteiger partial charge on any atom is 0.124 e. The summed E-state index contributed by atoms with van der Waals surface area (Å²) in [5.41, 5.74) is 1.41. The third-order valence-electron chi connectivity index (χ3n) is 2.14. The highest BCUT2D eigenvalue weighted by atomic mass is 35.5. The van der Waals surface area contributed by atoms with Gasteiger partial charge in [-0.25, -0.2) is 4.39 Å². The number of aliphatic imine (C=N–C) groups is 1. The van der Waals surface area contributed by atoms with Crippen molar-refractivity contribution in [1.82, 2.24) is 9.78 Å². The second-order valence-corrected chi connectivity index (χ2v) is 3.92. The van der Waals surface area contributed by atoms with E-state index in [1.807, 2.05) is 0 Å². The van der Waals surface area contributed by atoms with Gasteiger partial charge < -0.3 is 0 Å². The fourth-order valence-electron chi connectivity index (χ4n) is 1.37. The smallest absolute Gasteiger partial charge is 0.124 e. The van der Waals surface area contributed by atoms with Gasteiger partial charge in [0.2, 0.25) is 0 Å². The van der Waals surface area contributed by atoms with Crippen molar-refractivity contribution in [1.29, 1.82) is 0 Å². The number of benzene rings is 1. The molecule has 6 heteroatoms. The Hall–Kier alpha value is -1.55. The van der Waals surface area contributed by atoms with Crippen LogP contribution in [0.15, 0.2) is 35.6 Å². The number of halogens is 2. The molecule has 0 aliphatic heterocycles. The minimum atomic E-state index is -0.356. The molecule has 0 aliphatic rings. The van der Waals surface area contributed by atoms with E-state index in [4.69, 9.17) is 11.6 Å². The van der Waals surface area contributed by atoms with Crippen LogP contribution in [0.3, 0.4) is 0 Å². The van der Waals surface area contributed by atoms with Crippen LogP contribution in [0, 0.1) is 5.82 Å². The average Bonchev–Trinajstić information content (AvgIpc) is 2.71. The standard InChI is InChI=1S/C11H7ClFN3S/c12-11-3-9(13)2-1-8(11)5-16-6-10(4-15-16)14-7-17/h1-4,6H,5H2. The van der Waals surface area contributed by atoms with Gasteiger partial charge in [0, 0.05) is 5.02 Å². The molecule has 1 aromatic carbocycles. The summed E-state index contributed by atoms with van der Waals surface area (Å²) in [6, 6.07) is 4.26. The molecular formula is C11H7ClFN3S. The van der Waals surface area contributed by atoms with Crippen molar-refractivity contribution in [3.05, 3.63) is 47.0 Å². The summed E-state index contributed by atoms with van der Waals surface area (Å²) in [6.45, 7) is 0.450. The summed E-state index contributed by atoms with van der Waals surface area (Å²) in [4.78, 5) is 3.79. The van der Waals surface area contributed by atoms with E-state index < -0.39 is 0 Å². The van der Waals surface area contributed by atoms with Gasteiger partial charge in [0.25, 0.3) is 0 Å². The number of hydrogen-bond donors (Lipinski definition) is 0. The molecule has 17 heavy (non-hydrogen) atoms. The molecule has 1 heterocycles. The largest absolute Gasteiger partial charge is 0.266 e. The molecule has 0 bridgehead atoms. The van der Waals surface area contributed by atoms with Gasteiger partial charge in [0.1, 0.15) is 11.5 Å². The number of hydrogen-bond acceptors (Lipinski definition) is 3. The zero-order valence-electron chi connectivity index (χ0n) is 8.60. The second-order valence-electron chi connectivity index (χ2n) is 3.33. The van der Waals surface area contributed by atoms with Crippen molar-refractivity contribution in [2.45, 2.75) is 6.54 Å². The van der Waals surface area contributed by atoms with Crippen LogP contribution < -0.4 is 0 Å². The van der Waals surface area contributed by atoms with Crippen molar-refractivity contribution < 1.29 is 4.39 Å². The van der Waals surface area contributed by atoms with Crippen LogP contribution in [0.5, 0.6) is 0 Å². The van der Waals surface area contributed by atoms with Crippen LogP contribution in [0.25, 0.3) is 0 Å².